The molecule has 0 fully saturated rings. The van der Waals surface area contributed by atoms with E-state index in [1.165, 1.54) is 0 Å². The first-order chi connectivity index (χ1) is 11.8. The Morgan fingerprint density at radius 1 is 1.12 bits per heavy atom. The lowest BCUT2D eigenvalue weighted by Crippen LogP contribution is -2.31. The van der Waals surface area contributed by atoms with Gasteiger partial charge in [0, 0.05) is 16.3 Å². The molecule has 0 radical (unpaired) electrons. The Labute approximate surface area is 152 Å². The van der Waals surface area contributed by atoms with Crippen molar-refractivity contribution in [1.82, 2.24) is 0 Å². The molecule has 0 saturated carbocycles. The molecule has 0 bridgehead atoms. The Bertz CT molecular complexity index is 825. The molecule has 2 aromatic carbocycles. The van der Waals surface area contributed by atoms with Gasteiger partial charge in [-0.15, -0.1) is 0 Å². The van der Waals surface area contributed by atoms with E-state index in [9.17, 15) is 4.79 Å². The Kier molecular flexibility index (Phi) is 4.73. The number of ether oxygens (including phenoxy) is 2. The summed E-state index contributed by atoms with van der Waals surface area (Å²) < 4.78 is 10.8. The van der Waals surface area contributed by atoms with Crippen LogP contribution in [-0.4, -0.2) is 18.1 Å². The monoisotopic (exact) mass is 357 g/mol. The molecule has 3 rings (SSSR count). The number of esters is 1. The predicted octanol–water partition coefficient (Wildman–Crippen LogP) is 4.93. The Hall–Kier alpha value is -2.46. The lowest BCUT2D eigenvalue weighted by molar-refractivity contribution is -0.136. The zero-order valence-electron chi connectivity index (χ0n) is 14.4. The molecule has 1 aliphatic rings. The number of anilines is 1. The van der Waals surface area contributed by atoms with Crippen LogP contribution >= 0.6 is 11.6 Å². The summed E-state index contributed by atoms with van der Waals surface area (Å²) in [5.41, 5.74) is 3.11. The lowest BCUT2D eigenvalue weighted by Gasteiger charge is -2.31. The quantitative estimate of drug-likeness (QED) is 0.622. The molecule has 4 nitrogen and oxygen atoms in total. The molecule has 1 aliphatic heterocycles. The van der Waals surface area contributed by atoms with Gasteiger partial charge in [0.1, 0.15) is 11.5 Å². The average Bonchev–Trinajstić information content (AvgIpc) is 2.54. The van der Waals surface area contributed by atoms with E-state index in [1.54, 1.807) is 30.3 Å². The van der Waals surface area contributed by atoms with Gasteiger partial charge in [-0.2, -0.15) is 0 Å². The Balaban J connectivity index is 1.64. The number of halogens is 1. The SMILES string of the molecule is CC1=CC(C)(C)Nc2ccc(OC(=O)COc3ccc(Cl)cc3)cc21. The molecule has 130 valence electrons. The molecule has 0 saturated heterocycles. The van der Waals surface area contributed by atoms with Crippen LogP contribution in [0.3, 0.4) is 0 Å². The van der Waals surface area contributed by atoms with Gasteiger partial charge in [0.2, 0.25) is 0 Å². The molecule has 2 aromatic rings. The van der Waals surface area contributed by atoms with Gasteiger partial charge in [-0.3, -0.25) is 0 Å². The first-order valence-electron chi connectivity index (χ1n) is 8.03. The topological polar surface area (TPSA) is 47.6 Å². The minimum Gasteiger partial charge on any atom is -0.482 e. The van der Waals surface area contributed by atoms with E-state index in [4.69, 9.17) is 21.1 Å². The van der Waals surface area contributed by atoms with Crippen LogP contribution in [0.5, 0.6) is 11.5 Å². The van der Waals surface area contributed by atoms with Crippen LogP contribution in [-0.2, 0) is 4.79 Å². The molecular formula is C20H20ClNO3. The molecule has 0 aliphatic carbocycles. The summed E-state index contributed by atoms with van der Waals surface area (Å²) in [7, 11) is 0. The maximum Gasteiger partial charge on any atom is 0.349 e. The van der Waals surface area contributed by atoms with Crippen molar-refractivity contribution in [3.63, 3.8) is 0 Å². The van der Waals surface area contributed by atoms with Crippen molar-refractivity contribution >= 4 is 28.8 Å². The smallest absolute Gasteiger partial charge is 0.349 e. The van der Waals surface area contributed by atoms with Crippen molar-refractivity contribution in [1.29, 1.82) is 0 Å². The summed E-state index contributed by atoms with van der Waals surface area (Å²) in [5, 5.41) is 4.06. The fraction of sp³-hybridized carbons (Fsp3) is 0.250. The highest BCUT2D eigenvalue weighted by Gasteiger charge is 2.22. The molecule has 1 N–H and O–H groups in total. The van der Waals surface area contributed by atoms with Crippen molar-refractivity contribution in [2.24, 2.45) is 0 Å². The van der Waals surface area contributed by atoms with Crippen molar-refractivity contribution in [3.8, 4) is 11.5 Å². The lowest BCUT2D eigenvalue weighted by atomic mass is 9.91. The summed E-state index contributed by atoms with van der Waals surface area (Å²) in [6.45, 7) is 6.11. The van der Waals surface area contributed by atoms with Crippen molar-refractivity contribution in [3.05, 3.63) is 59.1 Å². The number of fused-ring (bicyclic) bond motifs is 1. The summed E-state index contributed by atoms with van der Waals surface area (Å²) in [5.74, 6) is 0.607. The number of allylic oxidation sites excluding steroid dienone is 1. The first kappa shape index (κ1) is 17.4. The molecule has 25 heavy (non-hydrogen) atoms. The normalized spacial score (nSPS) is 14.8. The van der Waals surface area contributed by atoms with Crippen LogP contribution in [0.15, 0.2) is 48.5 Å². The minimum absolute atomic E-state index is 0.0955. The molecule has 0 unspecified atom stereocenters. The highest BCUT2D eigenvalue weighted by atomic mass is 35.5. The summed E-state index contributed by atoms with van der Waals surface area (Å²) >= 11 is 5.81. The van der Waals surface area contributed by atoms with Gasteiger partial charge >= 0.3 is 5.97 Å². The number of hydrogen-bond acceptors (Lipinski definition) is 4. The van der Waals surface area contributed by atoms with E-state index < -0.39 is 5.97 Å². The highest BCUT2D eigenvalue weighted by molar-refractivity contribution is 6.30. The van der Waals surface area contributed by atoms with Gasteiger partial charge in [0.05, 0.1) is 5.54 Å². The molecular weight excluding hydrogens is 338 g/mol. The third kappa shape index (κ3) is 4.34. The standard InChI is InChI=1S/C20H20ClNO3/c1-13-11-20(2,3)22-18-9-8-16(10-17(13)18)25-19(23)12-24-15-6-4-14(21)5-7-15/h4-11,22H,12H2,1-3H3. The van der Waals surface area contributed by atoms with Gasteiger partial charge < -0.3 is 14.8 Å². The number of carbonyl (C=O) groups is 1. The van der Waals surface area contributed by atoms with Crippen LogP contribution < -0.4 is 14.8 Å². The molecule has 5 heteroatoms. The maximum atomic E-state index is 12.0. The minimum atomic E-state index is -0.458. The van der Waals surface area contributed by atoms with E-state index in [0.29, 0.717) is 16.5 Å². The fourth-order valence-electron chi connectivity index (χ4n) is 2.86. The number of carbonyl (C=O) groups excluding carboxylic acids is 1. The van der Waals surface area contributed by atoms with E-state index in [1.807, 2.05) is 12.1 Å². The third-order valence-corrected chi connectivity index (χ3v) is 4.10. The summed E-state index contributed by atoms with van der Waals surface area (Å²) in [6.07, 6.45) is 2.16. The van der Waals surface area contributed by atoms with Crippen LogP contribution in [0.2, 0.25) is 5.02 Å². The van der Waals surface area contributed by atoms with Crippen molar-refractivity contribution < 1.29 is 14.3 Å². The highest BCUT2D eigenvalue weighted by Crippen LogP contribution is 2.35. The Morgan fingerprint density at radius 2 is 1.80 bits per heavy atom. The number of benzene rings is 2. The molecule has 0 atom stereocenters. The predicted molar refractivity (Wildman–Crippen MR) is 100 cm³/mol. The van der Waals surface area contributed by atoms with Crippen molar-refractivity contribution in [2.75, 3.05) is 11.9 Å². The molecule has 0 aromatic heterocycles. The van der Waals surface area contributed by atoms with Crippen molar-refractivity contribution in [2.45, 2.75) is 26.3 Å². The second kappa shape index (κ2) is 6.81. The van der Waals surface area contributed by atoms with E-state index in [-0.39, 0.29) is 12.1 Å². The molecule has 0 spiro atoms. The van der Waals surface area contributed by atoms with Gasteiger partial charge in [-0.05, 0) is 68.8 Å². The second-order valence-corrected chi connectivity index (χ2v) is 7.03. The zero-order chi connectivity index (χ0) is 18.0. The third-order valence-electron chi connectivity index (χ3n) is 3.85. The van der Waals surface area contributed by atoms with Crippen LogP contribution in [0.25, 0.3) is 5.57 Å². The van der Waals surface area contributed by atoms with Gasteiger partial charge in [0.15, 0.2) is 6.61 Å². The van der Waals surface area contributed by atoms with Crippen LogP contribution in [0.1, 0.15) is 26.3 Å². The van der Waals surface area contributed by atoms with Gasteiger partial charge in [-0.1, -0.05) is 17.7 Å². The number of nitrogens with one attached hydrogen (secondary N) is 1. The van der Waals surface area contributed by atoms with E-state index >= 15 is 0 Å². The zero-order valence-corrected chi connectivity index (χ0v) is 15.2. The Morgan fingerprint density at radius 3 is 2.52 bits per heavy atom. The number of hydrogen-bond donors (Lipinski definition) is 1. The largest absolute Gasteiger partial charge is 0.482 e. The second-order valence-electron chi connectivity index (χ2n) is 6.60. The molecule has 0 amide bonds. The van der Waals surface area contributed by atoms with Crippen LogP contribution in [0.4, 0.5) is 5.69 Å². The fourth-order valence-corrected chi connectivity index (χ4v) is 2.98. The summed E-state index contributed by atoms with van der Waals surface area (Å²) in [4.78, 5) is 12.0. The number of rotatable bonds is 4. The summed E-state index contributed by atoms with van der Waals surface area (Å²) in [6, 6.07) is 12.4. The maximum absolute atomic E-state index is 12.0. The van der Waals surface area contributed by atoms with E-state index in [2.05, 4.69) is 32.2 Å². The molecule has 1 heterocycles. The average molecular weight is 358 g/mol. The van der Waals surface area contributed by atoms with Crippen LogP contribution in [0, 0.1) is 0 Å². The first-order valence-corrected chi connectivity index (χ1v) is 8.41. The van der Waals surface area contributed by atoms with Gasteiger partial charge in [-0.25, -0.2) is 4.79 Å². The van der Waals surface area contributed by atoms with Gasteiger partial charge in [0.25, 0.3) is 0 Å². The van der Waals surface area contributed by atoms with E-state index in [0.717, 1.165) is 16.8 Å².